The van der Waals surface area contributed by atoms with Gasteiger partial charge in [0, 0.05) is 6.04 Å². The lowest BCUT2D eigenvalue weighted by Crippen LogP contribution is -2.22. The number of aromatic nitrogens is 2. The van der Waals surface area contributed by atoms with E-state index < -0.39 is 0 Å². The van der Waals surface area contributed by atoms with Gasteiger partial charge in [0.1, 0.15) is 0 Å². The minimum atomic E-state index is 0.519. The minimum Gasteiger partial charge on any atom is -0.369 e. The van der Waals surface area contributed by atoms with Gasteiger partial charge in [-0.3, -0.25) is 0 Å². The molecule has 1 aromatic heterocycles. The van der Waals surface area contributed by atoms with Crippen molar-refractivity contribution >= 4 is 17.0 Å². The number of rotatable bonds is 1. The molecule has 1 fully saturated rings. The van der Waals surface area contributed by atoms with Crippen LogP contribution in [0.1, 0.15) is 44.2 Å². The summed E-state index contributed by atoms with van der Waals surface area (Å²) in [7, 11) is 0. The van der Waals surface area contributed by atoms with E-state index in [1.807, 2.05) is 0 Å². The van der Waals surface area contributed by atoms with Gasteiger partial charge in [0.2, 0.25) is 5.95 Å². The summed E-state index contributed by atoms with van der Waals surface area (Å²) in [4.78, 5) is 4.56. The lowest BCUT2D eigenvalue weighted by atomic mass is 9.85. The van der Waals surface area contributed by atoms with Crippen LogP contribution in [0.15, 0.2) is 18.2 Å². The predicted octanol–water partition coefficient (Wildman–Crippen LogP) is 3.68. The van der Waals surface area contributed by atoms with Crippen molar-refractivity contribution in [3.8, 4) is 0 Å². The molecule has 1 aromatic carbocycles. The highest BCUT2D eigenvalue weighted by Crippen LogP contribution is 2.37. The molecule has 2 atom stereocenters. The summed E-state index contributed by atoms with van der Waals surface area (Å²) in [5.41, 5.74) is 9.64. The quantitative estimate of drug-likeness (QED) is 0.830. The highest BCUT2D eigenvalue weighted by atomic mass is 15.2. The van der Waals surface area contributed by atoms with Gasteiger partial charge in [0.25, 0.3) is 0 Å². The summed E-state index contributed by atoms with van der Waals surface area (Å²) >= 11 is 0. The average molecular weight is 243 g/mol. The third kappa shape index (κ3) is 1.69. The molecular formula is C15H21N3. The highest BCUT2D eigenvalue weighted by Gasteiger charge is 2.26. The predicted molar refractivity (Wildman–Crippen MR) is 75.6 cm³/mol. The Kier molecular flexibility index (Phi) is 2.77. The molecule has 3 heteroatoms. The molecule has 0 aliphatic heterocycles. The Hall–Kier alpha value is -1.51. The van der Waals surface area contributed by atoms with Crippen molar-refractivity contribution in [1.29, 1.82) is 0 Å². The van der Waals surface area contributed by atoms with E-state index in [0.717, 1.165) is 5.52 Å². The maximum absolute atomic E-state index is 6.17. The summed E-state index contributed by atoms with van der Waals surface area (Å²) in [6.45, 7) is 4.44. The number of imidazole rings is 1. The van der Waals surface area contributed by atoms with Crippen molar-refractivity contribution in [2.45, 2.75) is 45.6 Å². The van der Waals surface area contributed by atoms with Crippen LogP contribution in [0, 0.1) is 12.8 Å². The largest absolute Gasteiger partial charge is 0.369 e. The molecule has 3 rings (SSSR count). The molecule has 0 bridgehead atoms. The van der Waals surface area contributed by atoms with Gasteiger partial charge < -0.3 is 10.3 Å². The molecule has 2 aromatic rings. The monoisotopic (exact) mass is 243 g/mol. The number of anilines is 1. The first-order valence-corrected chi connectivity index (χ1v) is 6.91. The van der Waals surface area contributed by atoms with Gasteiger partial charge in [-0.25, -0.2) is 4.98 Å². The molecule has 1 aliphatic rings. The number of fused-ring (bicyclic) bond motifs is 1. The minimum absolute atomic E-state index is 0.519. The van der Waals surface area contributed by atoms with Crippen molar-refractivity contribution < 1.29 is 0 Å². The topological polar surface area (TPSA) is 43.8 Å². The molecule has 2 N–H and O–H groups in total. The molecule has 1 aliphatic carbocycles. The van der Waals surface area contributed by atoms with Crippen LogP contribution in [0.3, 0.4) is 0 Å². The summed E-state index contributed by atoms with van der Waals surface area (Å²) < 4.78 is 2.27. The summed E-state index contributed by atoms with van der Waals surface area (Å²) in [6.07, 6.45) is 5.18. The first-order valence-electron chi connectivity index (χ1n) is 6.91. The van der Waals surface area contributed by atoms with E-state index in [4.69, 9.17) is 5.73 Å². The SMILES string of the molecule is Cc1cccc2c1nc(N)n2C1CCCCC1C. The van der Waals surface area contributed by atoms with Crippen molar-refractivity contribution in [3.63, 3.8) is 0 Å². The van der Waals surface area contributed by atoms with Crippen LogP contribution in [0.25, 0.3) is 11.0 Å². The Labute approximate surface area is 108 Å². The lowest BCUT2D eigenvalue weighted by molar-refractivity contribution is 0.264. The number of benzene rings is 1. The Bertz CT molecular complexity index is 570. The number of hydrogen-bond acceptors (Lipinski definition) is 2. The van der Waals surface area contributed by atoms with Gasteiger partial charge in [-0.15, -0.1) is 0 Å². The Balaban J connectivity index is 2.16. The van der Waals surface area contributed by atoms with Crippen LogP contribution in [-0.2, 0) is 0 Å². The summed E-state index contributed by atoms with van der Waals surface area (Å²) in [6, 6.07) is 6.87. The van der Waals surface area contributed by atoms with Crippen LogP contribution in [0.2, 0.25) is 0 Å². The standard InChI is InChI=1S/C15H21N3/c1-10-6-3-4-8-12(10)18-13-9-5-7-11(2)14(13)17-15(18)16/h5,7,9-10,12H,3-4,6,8H2,1-2H3,(H2,16,17). The molecule has 0 amide bonds. The zero-order valence-corrected chi connectivity index (χ0v) is 11.2. The van der Waals surface area contributed by atoms with Crippen LogP contribution >= 0.6 is 0 Å². The van der Waals surface area contributed by atoms with Crippen LogP contribution in [0.5, 0.6) is 0 Å². The van der Waals surface area contributed by atoms with E-state index in [1.54, 1.807) is 0 Å². The fraction of sp³-hybridized carbons (Fsp3) is 0.533. The van der Waals surface area contributed by atoms with Crippen molar-refractivity contribution in [1.82, 2.24) is 9.55 Å². The molecule has 1 heterocycles. The summed E-state index contributed by atoms with van der Waals surface area (Å²) in [5.74, 6) is 1.37. The second kappa shape index (κ2) is 4.30. The van der Waals surface area contributed by atoms with E-state index >= 15 is 0 Å². The molecule has 96 valence electrons. The van der Waals surface area contributed by atoms with Gasteiger partial charge in [-0.1, -0.05) is 31.9 Å². The van der Waals surface area contributed by atoms with Crippen molar-refractivity contribution in [2.24, 2.45) is 5.92 Å². The van der Waals surface area contributed by atoms with E-state index in [0.29, 0.717) is 17.9 Å². The van der Waals surface area contributed by atoms with Gasteiger partial charge in [0.05, 0.1) is 11.0 Å². The maximum Gasteiger partial charge on any atom is 0.201 e. The molecule has 18 heavy (non-hydrogen) atoms. The van der Waals surface area contributed by atoms with Crippen LogP contribution in [0.4, 0.5) is 5.95 Å². The molecule has 3 nitrogen and oxygen atoms in total. The number of nitrogens with zero attached hydrogens (tertiary/aromatic N) is 2. The Morgan fingerprint density at radius 3 is 2.83 bits per heavy atom. The maximum atomic E-state index is 6.17. The third-order valence-corrected chi connectivity index (χ3v) is 4.35. The number of hydrogen-bond donors (Lipinski definition) is 1. The Morgan fingerprint density at radius 1 is 1.28 bits per heavy atom. The molecule has 0 spiro atoms. The van der Waals surface area contributed by atoms with Crippen LogP contribution in [-0.4, -0.2) is 9.55 Å². The Morgan fingerprint density at radius 2 is 2.06 bits per heavy atom. The first kappa shape index (κ1) is 11.6. The van der Waals surface area contributed by atoms with Gasteiger partial charge >= 0.3 is 0 Å². The molecule has 2 unspecified atom stereocenters. The van der Waals surface area contributed by atoms with E-state index in [2.05, 4.69) is 41.6 Å². The number of nitrogen functional groups attached to an aromatic ring is 1. The van der Waals surface area contributed by atoms with Crippen molar-refractivity contribution in [2.75, 3.05) is 5.73 Å². The van der Waals surface area contributed by atoms with E-state index in [-0.39, 0.29) is 0 Å². The zero-order valence-electron chi connectivity index (χ0n) is 11.2. The average Bonchev–Trinajstić information content (AvgIpc) is 2.68. The molecular weight excluding hydrogens is 222 g/mol. The zero-order chi connectivity index (χ0) is 12.7. The fourth-order valence-electron chi connectivity index (χ4n) is 3.30. The number of aryl methyl sites for hydroxylation is 1. The van der Waals surface area contributed by atoms with E-state index in [1.165, 1.54) is 36.8 Å². The normalized spacial score (nSPS) is 24.6. The third-order valence-electron chi connectivity index (χ3n) is 4.35. The molecule has 0 saturated heterocycles. The van der Waals surface area contributed by atoms with Crippen LogP contribution < -0.4 is 5.73 Å². The second-order valence-corrected chi connectivity index (χ2v) is 5.61. The first-order chi connectivity index (χ1) is 8.68. The molecule has 0 radical (unpaired) electrons. The number of nitrogens with two attached hydrogens (primary N) is 1. The fourth-order valence-corrected chi connectivity index (χ4v) is 3.30. The second-order valence-electron chi connectivity index (χ2n) is 5.61. The lowest BCUT2D eigenvalue weighted by Gasteiger charge is -2.31. The smallest absolute Gasteiger partial charge is 0.201 e. The van der Waals surface area contributed by atoms with Gasteiger partial charge in [-0.2, -0.15) is 0 Å². The number of para-hydroxylation sites is 1. The highest BCUT2D eigenvalue weighted by molar-refractivity contribution is 5.81. The van der Waals surface area contributed by atoms with E-state index in [9.17, 15) is 0 Å². The summed E-state index contributed by atoms with van der Waals surface area (Å²) in [5, 5.41) is 0. The van der Waals surface area contributed by atoms with Gasteiger partial charge in [0.15, 0.2) is 0 Å². The van der Waals surface area contributed by atoms with Gasteiger partial charge in [-0.05, 0) is 37.3 Å². The van der Waals surface area contributed by atoms with Crippen molar-refractivity contribution in [3.05, 3.63) is 23.8 Å². The molecule has 1 saturated carbocycles.